The molecule has 0 aliphatic carbocycles. The van der Waals surface area contributed by atoms with Crippen molar-refractivity contribution in [2.45, 2.75) is 6.42 Å². The van der Waals surface area contributed by atoms with Gasteiger partial charge in [0.25, 0.3) is 0 Å². The molecule has 0 fully saturated rings. The van der Waals surface area contributed by atoms with Crippen LogP contribution < -0.4 is 0 Å². The molecule has 0 amide bonds. The predicted octanol–water partition coefficient (Wildman–Crippen LogP) is 2.89. The molecule has 0 atom stereocenters. The summed E-state index contributed by atoms with van der Waals surface area (Å²) in [6.45, 7) is 7.45. The van der Waals surface area contributed by atoms with Gasteiger partial charge < -0.3 is 0 Å². The van der Waals surface area contributed by atoms with Gasteiger partial charge in [-0.05, 0) is 22.8 Å². The van der Waals surface area contributed by atoms with E-state index in [0.29, 0.717) is 6.42 Å². The quantitative estimate of drug-likeness (QED) is 0.598. The zero-order valence-electron chi connectivity index (χ0n) is 6.63. The molecule has 0 saturated heterocycles. The normalized spacial score (nSPS) is 9.45. The van der Waals surface area contributed by atoms with E-state index >= 15 is 0 Å². The molecule has 0 unspecified atom stereocenters. The minimum Gasteiger partial charge on any atom is -0.198 e. The Labute approximate surface area is 72.1 Å². The molecule has 58 valence electrons. The highest BCUT2D eigenvalue weighted by molar-refractivity contribution is 8.02. The summed E-state index contributed by atoms with van der Waals surface area (Å²) in [6, 6.07) is 2.02. The molecular weight excluding hydrogens is 154 g/mol. The Balaban J connectivity index is 3.85. The van der Waals surface area contributed by atoms with Gasteiger partial charge in [-0.2, -0.15) is 5.26 Å². The van der Waals surface area contributed by atoms with E-state index < -0.39 is 0 Å². The summed E-state index contributed by atoms with van der Waals surface area (Å²) in [6.07, 6.45) is 6.03. The Kier molecular flexibility index (Phi) is 5.32. The Morgan fingerprint density at radius 2 is 2.18 bits per heavy atom. The second-order valence-corrected chi connectivity index (χ2v) is 2.93. The lowest BCUT2D eigenvalue weighted by molar-refractivity contribution is 1.29. The highest BCUT2D eigenvalue weighted by Crippen LogP contribution is 2.11. The molecule has 0 spiro atoms. The summed E-state index contributed by atoms with van der Waals surface area (Å²) in [4.78, 5) is 0.976. The average Bonchev–Trinajstić information content (AvgIpc) is 2.01. The van der Waals surface area contributed by atoms with E-state index in [0.717, 1.165) is 10.5 Å². The smallest absolute Gasteiger partial charge is 0.0669 e. The zero-order chi connectivity index (χ0) is 8.69. The van der Waals surface area contributed by atoms with Crippen LogP contribution in [0.1, 0.15) is 6.42 Å². The van der Waals surface area contributed by atoms with Crippen molar-refractivity contribution in [3.63, 3.8) is 0 Å². The number of hydrogen-bond donors (Lipinski definition) is 0. The summed E-state index contributed by atoms with van der Waals surface area (Å²) < 4.78 is 0. The highest BCUT2D eigenvalue weighted by atomic mass is 32.2. The van der Waals surface area contributed by atoms with Crippen LogP contribution >= 0.6 is 11.8 Å². The van der Waals surface area contributed by atoms with Gasteiger partial charge in [0.05, 0.1) is 12.5 Å². The fraction of sp³-hybridized carbons (Fsp3) is 0.222. The van der Waals surface area contributed by atoms with Crippen molar-refractivity contribution >= 4 is 11.8 Å². The van der Waals surface area contributed by atoms with Crippen LogP contribution in [-0.4, -0.2) is 6.26 Å². The minimum atomic E-state index is 0.387. The third-order valence-electron chi connectivity index (χ3n) is 1.07. The van der Waals surface area contributed by atoms with Gasteiger partial charge in [0, 0.05) is 0 Å². The number of allylic oxidation sites excluding steroid dienone is 3. The van der Waals surface area contributed by atoms with E-state index in [2.05, 4.69) is 13.2 Å². The van der Waals surface area contributed by atoms with Crippen molar-refractivity contribution in [2.24, 2.45) is 0 Å². The summed E-state index contributed by atoms with van der Waals surface area (Å²) in [5.74, 6) is 0. The molecule has 0 rings (SSSR count). The molecule has 0 aromatic rings. The lowest BCUT2D eigenvalue weighted by atomic mass is 10.2. The average molecular weight is 165 g/mol. The summed E-state index contributed by atoms with van der Waals surface area (Å²) in [5.41, 5.74) is 0.822. The molecule has 0 N–H and O–H groups in total. The van der Waals surface area contributed by atoms with Crippen molar-refractivity contribution in [3.05, 3.63) is 35.8 Å². The van der Waals surface area contributed by atoms with Gasteiger partial charge in [-0.15, -0.1) is 11.8 Å². The summed E-state index contributed by atoms with van der Waals surface area (Å²) in [7, 11) is 0. The third-order valence-corrected chi connectivity index (χ3v) is 1.73. The molecule has 2 heteroatoms. The molecule has 0 aromatic carbocycles. The highest BCUT2D eigenvalue weighted by Gasteiger charge is 1.86. The molecule has 0 bridgehead atoms. The van der Waals surface area contributed by atoms with Crippen LogP contribution in [0.25, 0.3) is 0 Å². The largest absolute Gasteiger partial charge is 0.198 e. The lowest BCUT2D eigenvalue weighted by Gasteiger charge is -1.91. The van der Waals surface area contributed by atoms with Crippen molar-refractivity contribution in [1.29, 1.82) is 5.26 Å². The summed E-state index contributed by atoms with van der Waals surface area (Å²) >= 11 is 1.58. The molecule has 1 nitrogen and oxygen atoms in total. The fourth-order valence-corrected chi connectivity index (χ4v) is 0.643. The van der Waals surface area contributed by atoms with E-state index in [-0.39, 0.29) is 0 Å². The van der Waals surface area contributed by atoms with E-state index in [9.17, 15) is 0 Å². The lowest BCUT2D eigenvalue weighted by Crippen LogP contribution is -1.71. The van der Waals surface area contributed by atoms with Gasteiger partial charge in [-0.1, -0.05) is 19.2 Å². The van der Waals surface area contributed by atoms with Gasteiger partial charge in [0.15, 0.2) is 0 Å². The molecule has 0 radical (unpaired) electrons. The van der Waals surface area contributed by atoms with Crippen LogP contribution in [0.2, 0.25) is 0 Å². The summed E-state index contributed by atoms with van der Waals surface area (Å²) in [5, 5.41) is 8.29. The molecule has 0 heterocycles. The first-order valence-corrected chi connectivity index (χ1v) is 4.39. The van der Waals surface area contributed by atoms with Gasteiger partial charge in [0.1, 0.15) is 0 Å². The van der Waals surface area contributed by atoms with E-state index in [1.165, 1.54) is 0 Å². The minimum absolute atomic E-state index is 0.387. The Hall–Kier alpha value is -0.940. The molecular formula is C9H11NS. The first kappa shape index (κ1) is 10.1. The van der Waals surface area contributed by atoms with Crippen molar-refractivity contribution in [3.8, 4) is 6.07 Å². The van der Waals surface area contributed by atoms with Gasteiger partial charge >= 0.3 is 0 Å². The Morgan fingerprint density at radius 1 is 1.55 bits per heavy atom. The third kappa shape index (κ3) is 5.50. The van der Waals surface area contributed by atoms with Crippen LogP contribution in [-0.2, 0) is 0 Å². The van der Waals surface area contributed by atoms with Crippen LogP contribution in [0.15, 0.2) is 35.8 Å². The van der Waals surface area contributed by atoms with Crippen molar-refractivity contribution in [2.75, 3.05) is 6.26 Å². The molecule has 0 aliphatic heterocycles. The van der Waals surface area contributed by atoms with E-state index in [4.69, 9.17) is 5.26 Å². The number of rotatable bonds is 4. The number of nitriles is 1. The molecule has 0 aliphatic rings. The maximum absolute atomic E-state index is 8.29. The molecule has 0 saturated carbocycles. The second-order valence-electron chi connectivity index (χ2n) is 2.00. The van der Waals surface area contributed by atoms with Crippen molar-refractivity contribution < 1.29 is 0 Å². The van der Waals surface area contributed by atoms with Crippen molar-refractivity contribution in [1.82, 2.24) is 0 Å². The van der Waals surface area contributed by atoms with Crippen LogP contribution in [0.3, 0.4) is 0 Å². The first-order valence-electron chi connectivity index (χ1n) is 3.16. The van der Waals surface area contributed by atoms with Gasteiger partial charge in [0.2, 0.25) is 0 Å². The second kappa shape index (κ2) is 5.82. The van der Waals surface area contributed by atoms with Crippen LogP contribution in [0.5, 0.6) is 0 Å². The zero-order valence-corrected chi connectivity index (χ0v) is 7.45. The maximum atomic E-state index is 8.29. The van der Waals surface area contributed by atoms with E-state index in [1.807, 2.05) is 24.5 Å². The number of hydrogen-bond acceptors (Lipinski definition) is 2. The number of thioether (sulfide) groups is 1. The predicted molar refractivity (Wildman–Crippen MR) is 51.2 cm³/mol. The fourth-order valence-electron chi connectivity index (χ4n) is 0.439. The van der Waals surface area contributed by atoms with Gasteiger partial charge in [-0.25, -0.2) is 0 Å². The SMILES string of the molecule is C=C(/C=C\C(=C)SC)CC#N. The topological polar surface area (TPSA) is 23.8 Å². The van der Waals surface area contributed by atoms with E-state index in [1.54, 1.807) is 11.8 Å². The standard InChI is InChI=1S/C9H11NS/c1-8(6-7-10)4-5-9(2)11-3/h4-5H,1-2,6H2,3H3/b5-4-. The monoisotopic (exact) mass is 165 g/mol. The number of nitrogens with zero attached hydrogens (tertiary/aromatic N) is 1. The van der Waals surface area contributed by atoms with Crippen LogP contribution in [0, 0.1) is 11.3 Å². The molecule has 0 aromatic heterocycles. The molecule has 11 heavy (non-hydrogen) atoms. The van der Waals surface area contributed by atoms with Gasteiger partial charge in [-0.3, -0.25) is 0 Å². The Bertz CT molecular complexity index is 220. The Morgan fingerprint density at radius 3 is 2.64 bits per heavy atom. The van der Waals surface area contributed by atoms with Crippen LogP contribution in [0.4, 0.5) is 0 Å². The maximum Gasteiger partial charge on any atom is 0.0669 e. The first-order chi connectivity index (χ1) is 5.20.